The van der Waals surface area contributed by atoms with Crippen molar-refractivity contribution in [2.24, 2.45) is 11.0 Å². The van der Waals surface area contributed by atoms with Gasteiger partial charge in [-0.2, -0.15) is 10.2 Å². The number of hydrazone groups is 1. The first-order valence-electron chi connectivity index (χ1n) is 10.7. The molecule has 1 aromatic carbocycles. The van der Waals surface area contributed by atoms with Crippen LogP contribution in [0.15, 0.2) is 35.7 Å². The third-order valence-electron chi connectivity index (χ3n) is 5.60. The number of aromatic nitrogens is 3. The highest BCUT2D eigenvalue weighted by atomic mass is 32.1. The van der Waals surface area contributed by atoms with Crippen LogP contribution in [0, 0.1) is 5.92 Å². The van der Waals surface area contributed by atoms with E-state index < -0.39 is 6.35 Å². The highest BCUT2D eigenvalue weighted by molar-refractivity contribution is 7.16. The van der Waals surface area contributed by atoms with Crippen molar-refractivity contribution < 1.29 is 14.9 Å². The van der Waals surface area contributed by atoms with Gasteiger partial charge in [-0.05, 0) is 17.7 Å². The number of hydrogen-bond donors (Lipinski definition) is 2. The smallest absolute Gasteiger partial charge is 0.229 e. The van der Waals surface area contributed by atoms with E-state index in [1.54, 1.807) is 34.3 Å². The molecule has 0 saturated heterocycles. The topological polar surface area (TPSA) is 99.2 Å². The average molecular weight is 455 g/mol. The Morgan fingerprint density at radius 2 is 2.12 bits per heavy atom. The molecule has 2 N–H and O–H groups in total. The largest absolute Gasteiger partial charge is 0.492 e. The van der Waals surface area contributed by atoms with Gasteiger partial charge in [0.1, 0.15) is 11.6 Å². The van der Waals surface area contributed by atoms with Crippen molar-refractivity contribution in [3.63, 3.8) is 0 Å². The molecule has 9 nitrogen and oxygen atoms in total. The number of thiazole rings is 1. The summed E-state index contributed by atoms with van der Waals surface area (Å²) in [4.78, 5) is 7.88. The normalized spacial score (nSPS) is 17.8. The minimum absolute atomic E-state index is 0.0497. The lowest BCUT2D eigenvalue weighted by molar-refractivity contribution is 0.0466. The predicted molar refractivity (Wildman–Crippen MR) is 124 cm³/mol. The zero-order valence-corrected chi connectivity index (χ0v) is 19.1. The third kappa shape index (κ3) is 3.54. The monoisotopic (exact) mass is 454 g/mol. The zero-order chi connectivity index (χ0) is 22.4. The van der Waals surface area contributed by atoms with Gasteiger partial charge < -0.3 is 14.9 Å². The summed E-state index contributed by atoms with van der Waals surface area (Å²) in [5, 5.41) is 30.9. The molecule has 10 heteroatoms. The van der Waals surface area contributed by atoms with Crippen molar-refractivity contribution in [3.8, 4) is 28.1 Å². The lowest BCUT2D eigenvalue weighted by Crippen LogP contribution is -2.42. The lowest BCUT2D eigenvalue weighted by atomic mass is 10.0. The lowest BCUT2D eigenvalue weighted by Gasteiger charge is -2.24. The second-order valence-corrected chi connectivity index (χ2v) is 9.26. The molecule has 4 heterocycles. The molecular formula is C22H26N6O3S. The number of aliphatic hydroxyl groups excluding tert-OH is 2. The third-order valence-corrected chi connectivity index (χ3v) is 6.71. The molecule has 0 bridgehead atoms. The van der Waals surface area contributed by atoms with Crippen LogP contribution >= 0.6 is 11.3 Å². The molecule has 0 saturated carbocycles. The van der Waals surface area contributed by atoms with Gasteiger partial charge in [0.15, 0.2) is 5.13 Å². The van der Waals surface area contributed by atoms with Crippen molar-refractivity contribution in [2.45, 2.75) is 33.2 Å². The number of anilines is 1. The van der Waals surface area contributed by atoms with Crippen LogP contribution in [0.5, 0.6) is 5.75 Å². The molecule has 0 fully saturated rings. The summed E-state index contributed by atoms with van der Waals surface area (Å²) in [5.41, 5.74) is 3.80. The van der Waals surface area contributed by atoms with E-state index in [0.29, 0.717) is 13.2 Å². The molecule has 1 atom stereocenters. The van der Waals surface area contributed by atoms with Gasteiger partial charge in [0.2, 0.25) is 6.35 Å². The standard InChI is InChI=1S/C22H26N6O3S/c1-13(2)20-25-26(3)22(30)28(20)21-24-19-16-5-4-14(15-11-23-27(12-15)7-8-29)10-17(16)31-9-6-18(19)32-21/h4-5,10-13,22,29-30H,6-9H2,1-3H3. The highest BCUT2D eigenvalue weighted by Crippen LogP contribution is 2.42. The SMILES string of the molecule is CC(C)C1=NN(C)C(O)N1c1nc2c(s1)CCOc1cc(-c3cnn(CCO)c3)ccc1-2. The van der Waals surface area contributed by atoms with E-state index in [2.05, 4.69) is 24.0 Å². The van der Waals surface area contributed by atoms with Crippen LogP contribution < -0.4 is 9.64 Å². The van der Waals surface area contributed by atoms with Gasteiger partial charge in [-0.1, -0.05) is 19.9 Å². The number of nitrogens with zero attached hydrogens (tertiary/aromatic N) is 6. The molecule has 168 valence electrons. The summed E-state index contributed by atoms with van der Waals surface area (Å²) in [6.07, 6.45) is 3.59. The van der Waals surface area contributed by atoms with Gasteiger partial charge in [-0.25, -0.2) is 4.98 Å². The van der Waals surface area contributed by atoms with Crippen LogP contribution in [-0.4, -0.2) is 62.4 Å². The highest BCUT2D eigenvalue weighted by Gasteiger charge is 2.36. The summed E-state index contributed by atoms with van der Waals surface area (Å²) < 4.78 is 7.79. The molecule has 0 spiro atoms. The number of fused-ring (bicyclic) bond motifs is 3. The molecule has 2 aliphatic rings. The first kappa shape index (κ1) is 20.9. The Morgan fingerprint density at radius 1 is 1.28 bits per heavy atom. The van der Waals surface area contributed by atoms with Gasteiger partial charge >= 0.3 is 0 Å². The van der Waals surface area contributed by atoms with Crippen molar-refractivity contribution in [1.29, 1.82) is 0 Å². The second kappa shape index (κ2) is 8.19. The molecule has 3 aromatic rings. The van der Waals surface area contributed by atoms with Crippen LogP contribution in [0.25, 0.3) is 22.4 Å². The predicted octanol–water partition coefficient (Wildman–Crippen LogP) is 2.60. The van der Waals surface area contributed by atoms with Gasteiger partial charge in [0.25, 0.3) is 0 Å². The Balaban J connectivity index is 1.51. The molecule has 5 rings (SSSR count). The van der Waals surface area contributed by atoms with Crippen LogP contribution in [0.1, 0.15) is 18.7 Å². The molecule has 32 heavy (non-hydrogen) atoms. The average Bonchev–Trinajstić information content (AvgIpc) is 3.44. The first-order chi connectivity index (χ1) is 15.5. The molecular weight excluding hydrogens is 428 g/mol. The van der Waals surface area contributed by atoms with Crippen LogP contribution in [0.2, 0.25) is 0 Å². The summed E-state index contributed by atoms with van der Waals surface area (Å²) in [7, 11) is 1.76. The first-order valence-corrected chi connectivity index (χ1v) is 11.5. The van der Waals surface area contributed by atoms with Gasteiger partial charge in [-0.15, -0.1) is 11.3 Å². The quantitative estimate of drug-likeness (QED) is 0.611. The van der Waals surface area contributed by atoms with Crippen LogP contribution in [0.4, 0.5) is 5.13 Å². The van der Waals surface area contributed by atoms with Crippen molar-refractivity contribution >= 4 is 22.3 Å². The fourth-order valence-electron chi connectivity index (χ4n) is 3.97. The van der Waals surface area contributed by atoms with E-state index in [1.165, 1.54) is 0 Å². The number of hydrogen-bond acceptors (Lipinski definition) is 9. The Labute approximate surface area is 190 Å². The van der Waals surface area contributed by atoms with E-state index in [0.717, 1.165) is 50.4 Å². The summed E-state index contributed by atoms with van der Waals surface area (Å²) >= 11 is 1.58. The molecule has 0 aliphatic carbocycles. The van der Waals surface area contributed by atoms with Crippen LogP contribution in [0.3, 0.4) is 0 Å². The molecule has 2 aromatic heterocycles. The number of rotatable bonds is 5. The van der Waals surface area contributed by atoms with Crippen molar-refractivity contribution in [3.05, 3.63) is 35.5 Å². The van der Waals surface area contributed by atoms with Gasteiger partial charge in [0, 0.05) is 41.6 Å². The summed E-state index contributed by atoms with van der Waals surface area (Å²) in [6, 6.07) is 6.09. The molecule has 2 aliphatic heterocycles. The number of amidine groups is 1. The molecule has 1 unspecified atom stereocenters. The fourth-order valence-corrected chi connectivity index (χ4v) is 5.05. The Hall–Kier alpha value is -2.95. The Bertz CT molecular complexity index is 1170. The summed E-state index contributed by atoms with van der Waals surface area (Å²) in [6.45, 7) is 5.19. The zero-order valence-electron chi connectivity index (χ0n) is 18.3. The van der Waals surface area contributed by atoms with Crippen molar-refractivity contribution in [2.75, 3.05) is 25.2 Å². The fraction of sp³-hybridized carbons (Fsp3) is 0.409. The van der Waals surface area contributed by atoms with Crippen molar-refractivity contribution in [1.82, 2.24) is 19.8 Å². The van der Waals surface area contributed by atoms with Crippen LogP contribution in [-0.2, 0) is 13.0 Å². The maximum Gasteiger partial charge on any atom is 0.229 e. The van der Waals surface area contributed by atoms with E-state index in [1.807, 2.05) is 29.3 Å². The number of benzene rings is 1. The molecule has 0 radical (unpaired) electrons. The maximum absolute atomic E-state index is 10.7. The minimum atomic E-state index is -0.865. The van der Waals surface area contributed by atoms with E-state index in [4.69, 9.17) is 14.8 Å². The number of aliphatic hydroxyl groups is 2. The van der Waals surface area contributed by atoms with E-state index in [9.17, 15) is 5.11 Å². The van der Waals surface area contributed by atoms with E-state index >= 15 is 0 Å². The summed E-state index contributed by atoms with van der Waals surface area (Å²) in [5.74, 6) is 1.74. The van der Waals surface area contributed by atoms with E-state index in [-0.39, 0.29) is 12.5 Å². The van der Waals surface area contributed by atoms with Gasteiger partial charge in [0.05, 0.1) is 31.6 Å². The molecule has 0 amide bonds. The Morgan fingerprint density at radius 3 is 2.91 bits per heavy atom. The second-order valence-electron chi connectivity index (χ2n) is 8.20. The maximum atomic E-state index is 10.7. The van der Waals surface area contributed by atoms with Gasteiger partial charge in [-0.3, -0.25) is 14.6 Å². The number of ether oxygens (including phenoxy) is 1. The Kier molecular flexibility index (Phi) is 5.36. The minimum Gasteiger partial charge on any atom is -0.492 e.